The molecule has 23 heavy (non-hydrogen) atoms. The van der Waals surface area contributed by atoms with Crippen molar-refractivity contribution in [2.75, 3.05) is 26.7 Å². The fourth-order valence-electron chi connectivity index (χ4n) is 2.72. The molecule has 0 aromatic heterocycles. The number of hydrogen-bond acceptors (Lipinski definition) is 2. The number of nitrogens with one attached hydrogen (secondary N) is 2. The molecule has 2 rings (SSSR count). The van der Waals surface area contributed by atoms with Gasteiger partial charge in [-0.25, -0.2) is 4.99 Å². The summed E-state index contributed by atoms with van der Waals surface area (Å²) in [5, 5.41) is 6.02. The van der Waals surface area contributed by atoms with Crippen LogP contribution in [-0.2, 0) is 6.54 Å². The second-order valence-corrected chi connectivity index (χ2v) is 6.12. The summed E-state index contributed by atoms with van der Waals surface area (Å²) in [4.78, 5) is 18.7. The van der Waals surface area contributed by atoms with E-state index in [4.69, 9.17) is 4.99 Å². The number of aliphatic imine (C=N–C) groups is 1. The standard InChI is InChI=1S/C18H28N4O/c1-4-20-18(22-11-9-14(2)10-12-22)21-13-15-5-7-16(8-6-15)17(23)19-3/h5-8,14H,4,9-13H2,1-3H3,(H,19,23)(H,20,21). The first-order valence-electron chi connectivity index (χ1n) is 8.48. The van der Waals surface area contributed by atoms with Crippen LogP contribution in [0.4, 0.5) is 0 Å². The molecule has 1 aromatic carbocycles. The highest BCUT2D eigenvalue weighted by atomic mass is 16.1. The third-order valence-corrected chi connectivity index (χ3v) is 4.27. The normalized spacial score (nSPS) is 16.3. The SMILES string of the molecule is CCNC(=NCc1ccc(C(=O)NC)cc1)N1CCC(C)CC1. The van der Waals surface area contributed by atoms with Gasteiger partial charge in [0.2, 0.25) is 0 Å². The molecule has 0 radical (unpaired) electrons. The fraction of sp³-hybridized carbons (Fsp3) is 0.556. The molecule has 0 bridgehead atoms. The van der Waals surface area contributed by atoms with Crippen LogP contribution in [0.25, 0.3) is 0 Å². The van der Waals surface area contributed by atoms with Gasteiger partial charge in [-0.05, 0) is 43.4 Å². The first-order valence-corrected chi connectivity index (χ1v) is 8.48. The van der Waals surface area contributed by atoms with E-state index >= 15 is 0 Å². The van der Waals surface area contributed by atoms with Gasteiger partial charge in [-0.3, -0.25) is 4.79 Å². The van der Waals surface area contributed by atoms with Crippen LogP contribution in [0.15, 0.2) is 29.3 Å². The van der Waals surface area contributed by atoms with Gasteiger partial charge in [-0.15, -0.1) is 0 Å². The maximum absolute atomic E-state index is 11.6. The molecule has 5 heteroatoms. The van der Waals surface area contributed by atoms with E-state index in [1.807, 2.05) is 24.3 Å². The summed E-state index contributed by atoms with van der Waals surface area (Å²) in [6, 6.07) is 7.63. The van der Waals surface area contributed by atoms with Crippen molar-refractivity contribution < 1.29 is 4.79 Å². The summed E-state index contributed by atoms with van der Waals surface area (Å²) in [6.07, 6.45) is 2.45. The first kappa shape index (κ1) is 17.3. The highest BCUT2D eigenvalue weighted by Crippen LogP contribution is 2.16. The molecule has 2 N–H and O–H groups in total. The zero-order chi connectivity index (χ0) is 16.7. The summed E-state index contributed by atoms with van der Waals surface area (Å²) in [7, 11) is 1.64. The molecule has 0 spiro atoms. The number of guanidine groups is 1. The van der Waals surface area contributed by atoms with E-state index in [0.717, 1.165) is 37.1 Å². The number of hydrogen-bond donors (Lipinski definition) is 2. The Labute approximate surface area is 139 Å². The molecular weight excluding hydrogens is 288 g/mol. The lowest BCUT2D eigenvalue weighted by atomic mass is 10.00. The topological polar surface area (TPSA) is 56.7 Å². The van der Waals surface area contributed by atoms with Gasteiger partial charge in [0.25, 0.3) is 5.91 Å². The maximum Gasteiger partial charge on any atom is 0.251 e. The molecule has 5 nitrogen and oxygen atoms in total. The molecule has 1 aliphatic rings. The van der Waals surface area contributed by atoms with E-state index in [9.17, 15) is 4.79 Å². The predicted octanol–water partition coefficient (Wildman–Crippen LogP) is 2.24. The number of likely N-dealkylation sites (tertiary alicyclic amines) is 1. The Morgan fingerprint density at radius 1 is 1.26 bits per heavy atom. The Morgan fingerprint density at radius 2 is 1.91 bits per heavy atom. The number of rotatable bonds is 4. The average molecular weight is 316 g/mol. The molecule has 0 saturated carbocycles. The lowest BCUT2D eigenvalue weighted by Gasteiger charge is -2.33. The van der Waals surface area contributed by atoms with Gasteiger partial charge in [0, 0.05) is 32.2 Å². The molecule has 1 amide bonds. The van der Waals surface area contributed by atoms with Gasteiger partial charge in [-0.1, -0.05) is 19.1 Å². The largest absolute Gasteiger partial charge is 0.357 e. The molecule has 0 aliphatic carbocycles. The van der Waals surface area contributed by atoms with Crippen molar-refractivity contribution in [1.29, 1.82) is 0 Å². The molecular formula is C18H28N4O. The van der Waals surface area contributed by atoms with Crippen molar-refractivity contribution in [3.63, 3.8) is 0 Å². The Hall–Kier alpha value is -2.04. The maximum atomic E-state index is 11.6. The monoisotopic (exact) mass is 316 g/mol. The molecule has 0 atom stereocenters. The van der Waals surface area contributed by atoms with E-state index in [-0.39, 0.29) is 5.91 Å². The number of nitrogens with zero attached hydrogens (tertiary/aromatic N) is 2. The van der Waals surface area contributed by atoms with E-state index in [2.05, 4.69) is 29.4 Å². The number of carbonyl (C=O) groups excluding carboxylic acids is 1. The number of amides is 1. The molecule has 1 fully saturated rings. The Balaban J connectivity index is 2.01. The van der Waals surface area contributed by atoms with E-state index in [1.165, 1.54) is 12.8 Å². The molecule has 1 aromatic rings. The van der Waals surface area contributed by atoms with E-state index < -0.39 is 0 Å². The molecule has 0 unspecified atom stereocenters. The quantitative estimate of drug-likeness (QED) is 0.662. The van der Waals surface area contributed by atoms with Gasteiger partial charge < -0.3 is 15.5 Å². The highest BCUT2D eigenvalue weighted by Gasteiger charge is 2.18. The van der Waals surface area contributed by atoms with Crippen molar-refractivity contribution in [2.24, 2.45) is 10.9 Å². The fourth-order valence-corrected chi connectivity index (χ4v) is 2.72. The number of carbonyl (C=O) groups is 1. The third kappa shape index (κ3) is 4.98. The third-order valence-electron chi connectivity index (χ3n) is 4.27. The van der Waals surface area contributed by atoms with Crippen LogP contribution in [0.3, 0.4) is 0 Å². The lowest BCUT2D eigenvalue weighted by molar-refractivity contribution is 0.0963. The van der Waals surface area contributed by atoms with Gasteiger partial charge in [0.1, 0.15) is 0 Å². The first-order chi connectivity index (χ1) is 11.1. The highest BCUT2D eigenvalue weighted by molar-refractivity contribution is 5.93. The van der Waals surface area contributed by atoms with Crippen LogP contribution >= 0.6 is 0 Å². The van der Waals surface area contributed by atoms with Gasteiger partial charge in [0.05, 0.1) is 6.54 Å². The summed E-state index contributed by atoms with van der Waals surface area (Å²) in [5.74, 6) is 1.75. The molecule has 1 aliphatic heterocycles. The smallest absolute Gasteiger partial charge is 0.251 e. The molecule has 1 heterocycles. The van der Waals surface area contributed by atoms with Crippen molar-refractivity contribution in [3.8, 4) is 0 Å². The predicted molar refractivity (Wildman–Crippen MR) is 94.6 cm³/mol. The minimum Gasteiger partial charge on any atom is -0.357 e. The second-order valence-electron chi connectivity index (χ2n) is 6.12. The van der Waals surface area contributed by atoms with Gasteiger partial charge in [-0.2, -0.15) is 0 Å². The van der Waals surface area contributed by atoms with E-state index in [1.54, 1.807) is 7.05 Å². The summed E-state index contributed by atoms with van der Waals surface area (Å²) < 4.78 is 0. The van der Waals surface area contributed by atoms with Crippen LogP contribution in [0.2, 0.25) is 0 Å². The van der Waals surface area contributed by atoms with E-state index in [0.29, 0.717) is 12.1 Å². The van der Waals surface area contributed by atoms with Crippen molar-refractivity contribution in [3.05, 3.63) is 35.4 Å². The summed E-state index contributed by atoms with van der Waals surface area (Å²) in [6.45, 7) is 8.06. The van der Waals surface area contributed by atoms with Crippen molar-refractivity contribution in [2.45, 2.75) is 33.2 Å². The van der Waals surface area contributed by atoms with Crippen LogP contribution < -0.4 is 10.6 Å². The average Bonchev–Trinajstić information content (AvgIpc) is 2.59. The summed E-state index contributed by atoms with van der Waals surface area (Å²) >= 11 is 0. The van der Waals surface area contributed by atoms with Crippen molar-refractivity contribution >= 4 is 11.9 Å². The minimum absolute atomic E-state index is 0.0594. The zero-order valence-electron chi connectivity index (χ0n) is 14.4. The Kier molecular flexibility index (Phi) is 6.44. The van der Waals surface area contributed by atoms with Crippen LogP contribution in [0.5, 0.6) is 0 Å². The summed E-state index contributed by atoms with van der Waals surface area (Å²) in [5.41, 5.74) is 1.79. The van der Waals surface area contributed by atoms with Gasteiger partial charge >= 0.3 is 0 Å². The second kappa shape index (κ2) is 8.56. The Bertz CT molecular complexity index is 530. The Morgan fingerprint density at radius 3 is 2.48 bits per heavy atom. The van der Waals surface area contributed by atoms with Crippen LogP contribution in [-0.4, -0.2) is 43.4 Å². The van der Waals surface area contributed by atoms with Crippen LogP contribution in [0, 0.1) is 5.92 Å². The zero-order valence-corrected chi connectivity index (χ0v) is 14.4. The lowest BCUT2D eigenvalue weighted by Crippen LogP contribution is -2.45. The number of piperidine rings is 1. The molecule has 1 saturated heterocycles. The number of benzene rings is 1. The molecule has 126 valence electrons. The van der Waals surface area contributed by atoms with Crippen molar-refractivity contribution in [1.82, 2.24) is 15.5 Å². The van der Waals surface area contributed by atoms with Crippen LogP contribution in [0.1, 0.15) is 42.6 Å². The minimum atomic E-state index is -0.0594. The van der Waals surface area contributed by atoms with Gasteiger partial charge in [0.15, 0.2) is 5.96 Å².